The molecular formula is C25H38N4O2. The first-order chi connectivity index (χ1) is 15.1. The van der Waals surface area contributed by atoms with Crippen LogP contribution in [0.4, 0.5) is 0 Å². The zero-order valence-electron chi connectivity index (χ0n) is 19.2. The summed E-state index contributed by atoms with van der Waals surface area (Å²) in [6, 6.07) is 15.0. The molecule has 2 aromatic rings. The molecular weight excluding hydrogens is 388 g/mol. The maximum Gasteiger partial charge on any atom is 0.191 e. The van der Waals surface area contributed by atoms with Crippen LogP contribution in [0.25, 0.3) is 0 Å². The lowest BCUT2D eigenvalue weighted by atomic mass is 10.1. The van der Waals surface area contributed by atoms with Gasteiger partial charge in [-0.05, 0) is 51.3 Å². The zero-order chi connectivity index (χ0) is 21.9. The molecule has 1 aliphatic heterocycles. The first-order valence-corrected chi connectivity index (χ1v) is 11.6. The number of furan rings is 1. The molecule has 0 bridgehead atoms. The third-order valence-corrected chi connectivity index (χ3v) is 5.65. The van der Waals surface area contributed by atoms with Gasteiger partial charge in [-0.1, -0.05) is 30.3 Å². The van der Waals surface area contributed by atoms with Crippen LogP contribution >= 0.6 is 0 Å². The highest BCUT2D eigenvalue weighted by atomic mass is 16.5. The zero-order valence-corrected chi connectivity index (χ0v) is 19.2. The molecule has 0 amide bonds. The molecule has 0 radical (unpaired) electrons. The van der Waals surface area contributed by atoms with E-state index in [0.717, 1.165) is 57.2 Å². The Kier molecular flexibility index (Phi) is 9.43. The summed E-state index contributed by atoms with van der Waals surface area (Å²) in [4.78, 5) is 7.34. The number of aliphatic imine (C=N–C) groups is 1. The van der Waals surface area contributed by atoms with Crippen molar-refractivity contribution in [2.24, 2.45) is 4.99 Å². The number of rotatable bonds is 10. The highest BCUT2D eigenvalue weighted by Crippen LogP contribution is 2.13. The van der Waals surface area contributed by atoms with E-state index in [-0.39, 0.29) is 6.04 Å². The molecule has 6 heteroatoms. The molecule has 2 heterocycles. The van der Waals surface area contributed by atoms with Crippen molar-refractivity contribution in [1.29, 1.82) is 0 Å². The average molecular weight is 427 g/mol. The molecule has 0 saturated carbocycles. The summed E-state index contributed by atoms with van der Waals surface area (Å²) in [7, 11) is 0. The highest BCUT2D eigenvalue weighted by molar-refractivity contribution is 5.80. The van der Waals surface area contributed by atoms with Gasteiger partial charge in [0.25, 0.3) is 0 Å². The number of guanidine groups is 1. The van der Waals surface area contributed by atoms with Gasteiger partial charge in [-0.15, -0.1) is 0 Å². The van der Waals surface area contributed by atoms with E-state index >= 15 is 0 Å². The predicted octanol–water partition coefficient (Wildman–Crippen LogP) is 4.01. The van der Waals surface area contributed by atoms with E-state index in [0.29, 0.717) is 18.7 Å². The lowest BCUT2D eigenvalue weighted by Gasteiger charge is -2.33. The van der Waals surface area contributed by atoms with E-state index in [4.69, 9.17) is 14.1 Å². The lowest BCUT2D eigenvalue weighted by molar-refractivity contribution is 0.0532. The van der Waals surface area contributed by atoms with Crippen molar-refractivity contribution in [1.82, 2.24) is 15.5 Å². The van der Waals surface area contributed by atoms with E-state index in [9.17, 15) is 0 Å². The van der Waals surface area contributed by atoms with Crippen molar-refractivity contribution < 1.29 is 9.15 Å². The Bertz CT molecular complexity index is 753. The third-order valence-electron chi connectivity index (χ3n) is 5.65. The summed E-state index contributed by atoms with van der Waals surface area (Å²) < 4.78 is 11.2. The van der Waals surface area contributed by atoms with E-state index in [2.05, 4.69) is 60.6 Å². The van der Waals surface area contributed by atoms with Crippen molar-refractivity contribution in [3.8, 4) is 0 Å². The second kappa shape index (κ2) is 12.5. The second-order valence-corrected chi connectivity index (χ2v) is 8.52. The van der Waals surface area contributed by atoms with E-state index in [1.165, 1.54) is 5.56 Å². The number of hydrogen-bond acceptors (Lipinski definition) is 4. The number of ether oxygens (including phenoxy) is 1. The molecule has 3 rings (SSSR count). The number of likely N-dealkylation sites (tertiary alicyclic amines) is 1. The molecule has 1 aromatic carbocycles. The molecule has 1 unspecified atom stereocenters. The normalized spacial score (nSPS) is 17.1. The lowest BCUT2D eigenvalue weighted by Crippen LogP contribution is -2.49. The third kappa shape index (κ3) is 8.38. The van der Waals surface area contributed by atoms with Crippen LogP contribution in [-0.2, 0) is 11.2 Å². The molecule has 1 aliphatic rings. The fraction of sp³-hybridized carbons (Fsp3) is 0.560. The molecule has 1 saturated heterocycles. The molecule has 1 aromatic heterocycles. The summed E-state index contributed by atoms with van der Waals surface area (Å²) in [6.07, 6.45) is 5.04. The Balaban J connectivity index is 1.52. The standard InChI is InChI=1S/C25H38N4O2/c1-20(2)30-19-17-29-15-12-23(13-16-29)28-25(26-14-11-24-10-7-18-31-24)27-21(3)22-8-5-4-6-9-22/h4-10,18,20-21,23H,11-17,19H2,1-3H3,(H2,26,27,28). The molecule has 170 valence electrons. The van der Waals surface area contributed by atoms with Gasteiger partial charge in [0, 0.05) is 38.6 Å². The predicted molar refractivity (Wildman–Crippen MR) is 126 cm³/mol. The molecule has 1 atom stereocenters. The summed E-state index contributed by atoms with van der Waals surface area (Å²) in [5.74, 6) is 1.85. The topological polar surface area (TPSA) is 62.0 Å². The maximum absolute atomic E-state index is 5.70. The van der Waals surface area contributed by atoms with Crippen LogP contribution in [0.3, 0.4) is 0 Å². The van der Waals surface area contributed by atoms with Crippen molar-refractivity contribution in [2.45, 2.75) is 58.2 Å². The minimum Gasteiger partial charge on any atom is -0.469 e. The van der Waals surface area contributed by atoms with E-state index in [1.807, 2.05) is 18.2 Å². The van der Waals surface area contributed by atoms with Gasteiger partial charge in [0.2, 0.25) is 0 Å². The van der Waals surface area contributed by atoms with Crippen LogP contribution in [0.1, 0.15) is 51.0 Å². The fourth-order valence-electron chi connectivity index (χ4n) is 3.81. The highest BCUT2D eigenvalue weighted by Gasteiger charge is 2.20. The first-order valence-electron chi connectivity index (χ1n) is 11.6. The fourth-order valence-corrected chi connectivity index (χ4v) is 3.81. The summed E-state index contributed by atoms with van der Waals surface area (Å²) >= 11 is 0. The van der Waals surface area contributed by atoms with Crippen molar-refractivity contribution in [2.75, 3.05) is 32.8 Å². The minimum absolute atomic E-state index is 0.185. The van der Waals surface area contributed by atoms with Crippen LogP contribution in [0.2, 0.25) is 0 Å². The maximum atomic E-state index is 5.70. The average Bonchev–Trinajstić information content (AvgIpc) is 3.29. The summed E-state index contributed by atoms with van der Waals surface area (Å²) in [5, 5.41) is 7.28. The van der Waals surface area contributed by atoms with Gasteiger partial charge in [-0.25, -0.2) is 0 Å². The van der Waals surface area contributed by atoms with Crippen molar-refractivity contribution in [3.63, 3.8) is 0 Å². The Labute approximate surface area is 187 Å². The molecule has 0 spiro atoms. The summed E-state index contributed by atoms with van der Waals surface area (Å²) in [6.45, 7) is 11.1. The Morgan fingerprint density at radius 2 is 1.90 bits per heavy atom. The van der Waals surface area contributed by atoms with Crippen LogP contribution in [-0.4, -0.2) is 55.8 Å². The Morgan fingerprint density at radius 3 is 2.58 bits per heavy atom. The first kappa shape index (κ1) is 23.4. The van der Waals surface area contributed by atoms with Crippen LogP contribution in [0.15, 0.2) is 58.1 Å². The summed E-state index contributed by atoms with van der Waals surface area (Å²) in [5.41, 5.74) is 1.25. The van der Waals surface area contributed by atoms with Gasteiger partial charge in [0.05, 0.1) is 25.0 Å². The van der Waals surface area contributed by atoms with Crippen LogP contribution in [0, 0.1) is 0 Å². The molecule has 0 aliphatic carbocycles. The Hall–Kier alpha value is -2.31. The number of benzene rings is 1. The van der Waals surface area contributed by atoms with Crippen LogP contribution < -0.4 is 10.6 Å². The number of nitrogens with zero attached hydrogens (tertiary/aromatic N) is 2. The van der Waals surface area contributed by atoms with Gasteiger partial charge in [0.1, 0.15) is 5.76 Å². The largest absolute Gasteiger partial charge is 0.469 e. The second-order valence-electron chi connectivity index (χ2n) is 8.52. The van der Waals surface area contributed by atoms with E-state index < -0.39 is 0 Å². The van der Waals surface area contributed by atoms with Gasteiger partial charge in [-0.3, -0.25) is 4.99 Å². The molecule has 6 nitrogen and oxygen atoms in total. The quantitative estimate of drug-likeness (QED) is 0.444. The SMILES string of the molecule is CC(C)OCCN1CCC(NC(=NCCc2ccco2)NC(C)c2ccccc2)CC1. The van der Waals surface area contributed by atoms with Crippen molar-refractivity contribution >= 4 is 5.96 Å². The molecule has 1 fully saturated rings. The van der Waals surface area contributed by atoms with Gasteiger partial charge in [-0.2, -0.15) is 0 Å². The van der Waals surface area contributed by atoms with E-state index in [1.54, 1.807) is 6.26 Å². The van der Waals surface area contributed by atoms with Crippen molar-refractivity contribution in [3.05, 3.63) is 60.1 Å². The smallest absolute Gasteiger partial charge is 0.191 e. The van der Waals surface area contributed by atoms with Gasteiger partial charge < -0.3 is 24.7 Å². The van der Waals surface area contributed by atoms with Gasteiger partial charge >= 0.3 is 0 Å². The van der Waals surface area contributed by atoms with Crippen LogP contribution in [0.5, 0.6) is 0 Å². The number of hydrogen-bond donors (Lipinski definition) is 2. The monoisotopic (exact) mass is 426 g/mol. The molecule has 31 heavy (non-hydrogen) atoms. The number of nitrogens with one attached hydrogen (secondary N) is 2. The number of piperidine rings is 1. The molecule has 2 N–H and O–H groups in total. The Morgan fingerprint density at radius 1 is 1.13 bits per heavy atom. The minimum atomic E-state index is 0.185. The van der Waals surface area contributed by atoms with Gasteiger partial charge in [0.15, 0.2) is 5.96 Å².